The van der Waals surface area contributed by atoms with Crippen LogP contribution in [0.3, 0.4) is 0 Å². The van der Waals surface area contributed by atoms with E-state index in [0.717, 1.165) is 12.3 Å². The Hall–Kier alpha value is -1.38. The molecule has 0 amide bonds. The van der Waals surface area contributed by atoms with E-state index in [2.05, 4.69) is 4.72 Å². The molecular formula is C10H13NO5S2. The molecule has 0 fully saturated rings. The smallest absolute Gasteiger partial charge is 0.284 e. The fraction of sp³-hybridized carbons (Fsp3) is 0.200. The van der Waals surface area contributed by atoms with E-state index in [-0.39, 0.29) is 16.1 Å². The molecule has 0 aliphatic heterocycles. The van der Waals surface area contributed by atoms with E-state index >= 15 is 0 Å². The fourth-order valence-electron chi connectivity index (χ4n) is 1.35. The summed E-state index contributed by atoms with van der Waals surface area (Å²) in [7, 11) is -7.93. The standard InChI is InChI=1S/C10H13NO5S2/c1-3-4-8-5-6-9(11-17(2,12)13)7-10(8)18(14,15)16/h3-7,11H,1-2H3,(H,14,15,16). The summed E-state index contributed by atoms with van der Waals surface area (Å²) in [6.45, 7) is 1.69. The van der Waals surface area contributed by atoms with Crippen molar-refractivity contribution in [2.24, 2.45) is 0 Å². The van der Waals surface area contributed by atoms with Crippen LogP contribution in [0.15, 0.2) is 29.2 Å². The van der Waals surface area contributed by atoms with Crippen molar-refractivity contribution in [1.82, 2.24) is 0 Å². The molecule has 0 unspecified atom stereocenters. The molecule has 0 spiro atoms. The second kappa shape index (κ2) is 5.09. The van der Waals surface area contributed by atoms with E-state index < -0.39 is 20.1 Å². The van der Waals surface area contributed by atoms with Crippen molar-refractivity contribution in [3.63, 3.8) is 0 Å². The number of hydrogen-bond acceptors (Lipinski definition) is 4. The summed E-state index contributed by atoms with van der Waals surface area (Å²) in [5.74, 6) is 0. The Morgan fingerprint density at radius 2 is 1.83 bits per heavy atom. The van der Waals surface area contributed by atoms with Gasteiger partial charge in [-0.1, -0.05) is 18.2 Å². The van der Waals surface area contributed by atoms with Crippen LogP contribution in [0.25, 0.3) is 6.08 Å². The summed E-state index contributed by atoms with van der Waals surface area (Å²) in [5, 5.41) is 0. The lowest BCUT2D eigenvalue weighted by molar-refractivity contribution is 0.483. The zero-order chi connectivity index (χ0) is 14.0. The van der Waals surface area contributed by atoms with Gasteiger partial charge in [-0.2, -0.15) is 8.42 Å². The Kier molecular flexibility index (Phi) is 4.15. The minimum absolute atomic E-state index is 0.0679. The lowest BCUT2D eigenvalue weighted by Crippen LogP contribution is -2.10. The van der Waals surface area contributed by atoms with Gasteiger partial charge in [-0.3, -0.25) is 9.27 Å². The number of hydrogen-bond donors (Lipinski definition) is 2. The SMILES string of the molecule is CC=Cc1ccc(NS(C)(=O)=O)cc1S(=O)(=O)O. The molecule has 0 aromatic heterocycles. The minimum atomic E-state index is -4.42. The van der Waals surface area contributed by atoms with Crippen LogP contribution in [0.5, 0.6) is 0 Å². The fourth-order valence-corrected chi connectivity index (χ4v) is 2.62. The van der Waals surface area contributed by atoms with E-state index in [1.807, 2.05) is 0 Å². The molecular weight excluding hydrogens is 278 g/mol. The first-order chi connectivity index (χ1) is 8.13. The zero-order valence-electron chi connectivity index (χ0n) is 9.78. The highest BCUT2D eigenvalue weighted by Crippen LogP contribution is 2.22. The van der Waals surface area contributed by atoms with Crippen LogP contribution >= 0.6 is 0 Å². The van der Waals surface area contributed by atoms with Crippen molar-refractivity contribution in [1.29, 1.82) is 0 Å². The van der Waals surface area contributed by atoms with Crippen molar-refractivity contribution in [2.75, 3.05) is 11.0 Å². The third-order valence-corrected chi connectivity index (χ3v) is 3.46. The van der Waals surface area contributed by atoms with Gasteiger partial charge < -0.3 is 0 Å². The summed E-state index contributed by atoms with van der Waals surface area (Å²) in [6, 6.07) is 3.87. The van der Waals surface area contributed by atoms with E-state index in [0.29, 0.717) is 0 Å². The predicted molar refractivity (Wildman–Crippen MR) is 69.4 cm³/mol. The number of sulfonamides is 1. The molecule has 1 aromatic carbocycles. The number of allylic oxidation sites excluding steroid dienone is 1. The number of benzene rings is 1. The molecule has 0 saturated heterocycles. The number of anilines is 1. The van der Waals surface area contributed by atoms with Crippen molar-refractivity contribution in [3.8, 4) is 0 Å². The van der Waals surface area contributed by atoms with Crippen molar-refractivity contribution in [3.05, 3.63) is 29.8 Å². The summed E-state index contributed by atoms with van der Waals surface area (Å²) < 4.78 is 55.7. The van der Waals surface area contributed by atoms with Gasteiger partial charge in [0.2, 0.25) is 10.0 Å². The first kappa shape index (κ1) is 14.7. The highest BCUT2D eigenvalue weighted by molar-refractivity contribution is 7.92. The normalized spacial score (nSPS) is 12.8. The quantitative estimate of drug-likeness (QED) is 0.815. The van der Waals surface area contributed by atoms with Gasteiger partial charge in [-0.25, -0.2) is 8.42 Å². The molecule has 6 nitrogen and oxygen atoms in total. The molecule has 8 heteroatoms. The van der Waals surface area contributed by atoms with E-state index in [4.69, 9.17) is 4.55 Å². The Labute approximate surface area is 106 Å². The molecule has 0 bridgehead atoms. The van der Waals surface area contributed by atoms with Crippen LogP contribution in [0, 0.1) is 0 Å². The molecule has 1 aromatic rings. The van der Waals surface area contributed by atoms with Gasteiger partial charge in [-0.15, -0.1) is 0 Å². The highest BCUT2D eigenvalue weighted by Gasteiger charge is 2.15. The predicted octanol–water partition coefficient (Wildman–Crippen LogP) is 1.34. The molecule has 0 saturated carbocycles. The average Bonchev–Trinajstić information content (AvgIpc) is 2.16. The van der Waals surface area contributed by atoms with Crippen molar-refractivity contribution >= 4 is 31.9 Å². The monoisotopic (exact) mass is 291 g/mol. The maximum Gasteiger partial charge on any atom is 0.295 e. The zero-order valence-corrected chi connectivity index (χ0v) is 11.4. The second-order valence-electron chi connectivity index (χ2n) is 3.60. The van der Waals surface area contributed by atoms with Gasteiger partial charge in [-0.05, 0) is 24.6 Å². The summed E-state index contributed by atoms with van der Waals surface area (Å²) in [5.41, 5.74) is 0.345. The van der Waals surface area contributed by atoms with Crippen LogP contribution in [0.1, 0.15) is 12.5 Å². The Morgan fingerprint density at radius 3 is 2.28 bits per heavy atom. The van der Waals surface area contributed by atoms with Crippen LogP contribution < -0.4 is 4.72 Å². The lowest BCUT2D eigenvalue weighted by atomic mass is 10.2. The molecule has 2 N–H and O–H groups in total. The van der Waals surface area contributed by atoms with E-state index in [9.17, 15) is 16.8 Å². The summed E-state index contributed by atoms with van der Waals surface area (Å²) in [6.07, 6.45) is 4.04. The van der Waals surface area contributed by atoms with Crippen LogP contribution in [-0.4, -0.2) is 27.6 Å². The van der Waals surface area contributed by atoms with Crippen LogP contribution in [-0.2, 0) is 20.1 Å². The van der Waals surface area contributed by atoms with Crippen LogP contribution in [0.2, 0.25) is 0 Å². The molecule has 100 valence electrons. The summed E-state index contributed by atoms with van der Waals surface area (Å²) in [4.78, 5) is -0.353. The third kappa shape index (κ3) is 4.13. The van der Waals surface area contributed by atoms with Gasteiger partial charge in [0, 0.05) is 5.69 Å². The maximum atomic E-state index is 11.2. The van der Waals surface area contributed by atoms with Gasteiger partial charge >= 0.3 is 0 Å². The Balaban J connectivity index is 3.40. The van der Waals surface area contributed by atoms with Crippen molar-refractivity contribution in [2.45, 2.75) is 11.8 Å². The maximum absolute atomic E-state index is 11.2. The van der Waals surface area contributed by atoms with Gasteiger partial charge in [0.05, 0.1) is 6.26 Å². The van der Waals surface area contributed by atoms with Crippen molar-refractivity contribution < 1.29 is 21.4 Å². The van der Waals surface area contributed by atoms with E-state index in [1.165, 1.54) is 18.2 Å². The number of rotatable bonds is 4. The second-order valence-corrected chi connectivity index (χ2v) is 6.74. The molecule has 0 aliphatic rings. The molecule has 1 rings (SSSR count). The topological polar surface area (TPSA) is 101 Å². The van der Waals surface area contributed by atoms with E-state index in [1.54, 1.807) is 13.0 Å². The molecule has 18 heavy (non-hydrogen) atoms. The number of nitrogens with one attached hydrogen (secondary N) is 1. The van der Waals surface area contributed by atoms with Gasteiger partial charge in [0.15, 0.2) is 0 Å². The highest BCUT2D eigenvalue weighted by atomic mass is 32.2. The Morgan fingerprint density at radius 1 is 1.22 bits per heavy atom. The molecule has 0 heterocycles. The molecule has 0 aliphatic carbocycles. The first-order valence-corrected chi connectivity index (χ1v) is 8.18. The largest absolute Gasteiger partial charge is 0.295 e. The first-order valence-electron chi connectivity index (χ1n) is 4.85. The molecule has 0 radical (unpaired) electrons. The van der Waals surface area contributed by atoms with Gasteiger partial charge in [0.25, 0.3) is 10.1 Å². The average molecular weight is 291 g/mol. The van der Waals surface area contributed by atoms with Gasteiger partial charge in [0.1, 0.15) is 4.90 Å². The molecule has 0 atom stereocenters. The Bertz CT molecular complexity index is 674. The minimum Gasteiger partial charge on any atom is -0.284 e. The summed E-state index contributed by atoms with van der Waals surface area (Å²) >= 11 is 0. The van der Waals surface area contributed by atoms with Crippen LogP contribution in [0.4, 0.5) is 5.69 Å². The third-order valence-electron chi connectivity index (χ3n) is 1.94. The lowest BCUT2D eigenvalue weighted by Gasteiger charge is -2.08.